The van der Waals surface area contributed by atoms with Gasteiger partial charge in [-0.1, -0.05) is 28.6 Å². The van der Waals surface area contributed by atoms with Crippen LogP contribution in [0.1, 0.15) is 39.4 Å². The number of amides is 2. The highest BCUT2D eigenvalue weighted by Gasteiger charge is 2.39. The first-order valence-corrected chi connectivity index (χ1v) is 12.5. The largest absolute Gasteiger partial charge is 0.497 e. The van der Waals surface area contributed by atoms with E-state index in [9.17, 15) is 27.2 Å². The maximum Gasteiger partial charge on any atom is 0.395 e. The SMILES string of the molecule is COc1cccc(CNC(=O)c2cn(CCC(F)Cn3cc(C(=O)NCC4=NC=CC(C(F)(F)F)C4)nn3)nn2)c1. The third-order valence-electron chi connectivity index (χ3n) is 6.09. The van der Waals surface area contributed by atoms with Gasteiger partial charge >= 0.3 is 6.18 Å². The van der Waals surface area contributed by atoms with Crippen LogP contribution in [0.4, 0.5) is 17.6 Å². The average molecular weight is 578 g/mol. The Hall–Kier alpha value is -4.63. The molecule has 2 atom stereocenters. The molecule has 0 fully saturated rings. The number of alkyl halides is 4. The Morgan fingerprint density at radius 2 is 1.76 bits per heavy atom. The van der Waals surface area contributed by atoms with E-state index in [4.69, 9.17) is 4.74 Å². The number of hydrogen-bond donors (Lipinski definition) is 2. The summed E-state index contributed by atoms with van der Waals surface area (Å²) in [6.07, 6.45) is -1.42. The molecular formula is C25H27F4N9O3. The number of halogens is 4. The summed E-state index contributed by atoms with van der Waals surface area (Å²) < 4.78 is 60.9. The van der Waals surface area contributed by atoms with Gasteiger partial charge in [-0.15, -0.1) is 10.2 Å². The van der Waals surface area contributed by atoms with Crippen molar-refractivity contribution in [2.75, 3.05) is 13.7 Å². The number of aliphatic imine (C=N–C) groups is 1. The molecule has 41 heavy (non-hydrogen) atoms. The first kappa shape index (κ1) is 29.4. The quantitative estimate of drug-likeness (QED) is 0.315. The number of aromatic nitrogens is 6. The Balaban J connectivity index is 1.19. The minimum Gasteiger partial charge on any atom is -0.497 e. The van der Waals surface area contributed by atoms with Crippen LogP contribution in [0.3, 0.4) is 0 Å². The highest BCUT2D eigenvalue weighted by Crippen LogP contribution is 2.31. The lowest BCUT2D eigenvalue weighted by molar-refractivity contribution is -0.159. The van der Waals surface area contributed by atoms with Gasteiger partial charge in [-0.2, -0.15) is 13.2 Å². The first-order valence-electron chi connectivity index (χ1n) is 12.5. The van der Waals surface area contributed by atoms with E-state index in [2.05, 4.69) is 36.3 Å². The van der Waals surface area contributed by atoms with Crippen molar-refractivity contribution in [1.82, 2.24) is 40.6 Å². The monoisotopic (exact) mass is 577 g/mol. The van der Waals surface area contributed by atoms with Crippen molar-refractivity contribution >= 4 is 17.5 Å². The Kier molecular flexibility index (Phi) is 9.41. The van der Waals surface area contributed by atoms with E-state index >= 15 is 0 Å². The van der Waals surface area contributed by atoms with E-state index < -0.39 is 30.1 Å². The zero-order valence-corrected chi connectivity index (χ0v) is 21.9. The Bertz CT molecular complexity index is 1420. The van der Waals surface area contributed by atoms with E-state index in [1.165, 1.54) is 17.1 Å². The van der Waals surface area contributed by atoms with Crippen molar-refractivity contribution in [3.8, 4) is 5.75 Å². The molecule has 1 aromatic carbocycles. The standard InChI is InChI=1S/C25H27F4N9O3/c1-41-20-4-2-3-16(9-20)11-31-23(39)21-14-37(35-33-21)8-6-18(26)13-38-15-22(34-36-38)24(40)32-12-19-10-17(5-7-30-19)25(27,28)29/h2-5,7,9,14-15,17-18H,6,8,10-13H2,1H3,(H,31,39)(H,32,40). The summed E-state index contributed by atoms with van der Waals surface area (Å²) in [4.78, 5) is 28.6. The molecular weight excluding hydrogens is 550 g/mol. The molecule has 0 spiro atoms. The van der Waals surface area contributed by atoms with Gasteiger partial charge in [-0.05, 0) is 17.7 Å². The number of hydrogen-bond acceptors (Lipinski definition) is 8. The molecule has 3 aromatic rings. The lowest BCUT2D eigenvalue weighted by Crippen LogP contribution is -2.33. The summed E-state index contributed by atoms with van der Waals surface area (Å²) in [6, 6.07) is 7.24. The van der Waals surface area contributed by atoms with Gasteiger partial charge in [0.05, 0.1) is 38.5 Å². The lowest BCUT2D eigenvalue weighted by atomic mass is 9.99. The molecule has 1 aliphatic rings. The number of nitrogens with one attached hydrogen (secondary N) is 2. The summed E-state index contributed by atoms with van der Waals surface area (Å²) in [7, 11) is 1.55. The van der Waals surface area contributed by atoms with E-state index in [0.717, 1.165) is 22.5 Å². The van der Waals surface area contributed by atoms with Gasteiger partial charge in [0.25, 0.3) is 11.8 Å². The number of carbonyl (C=O) groups excluding carboxylic acids is 2. The minimum absolute atomic E-state index is 0.0172. The molecule has 0 saturated heterocycles. The van der Waals surface area contributed by atoms with Gasteiger partial charge < -0.3 is 15.4 Å². The van der Waals surface area contributed by atoms with Crippen LogP contribution in [0.2, 0.25) is 0 Å². The van der Waals surface area contributed by atoms with Gasteiger partial charge in [-0.25, -0.2) is 9.07 Å². The third kappa shape index (κ3) is 8.43. The van der Waals surface area contributed by atoms with Crippen LogP contribution in [0, 0.1) is 5.92 Å². The molecule has 3 heterocycles. The van der Waals surface area contributed by atoms with Gasteiger partial charge in [0.1, 0.15) is 11.9 Å². The Labute approximate surface area is 231 Å². The van der Waals surface area contributed by atoms with Crippen LogP contribution in [0.25, 0.3) is 0 Å². The fourth-order valence-electron chi connectivity index (χ4n) is 3.87. The molecule has 0 bridgehead atoms. The van der Waals surface area contributed by atoms with Crippen LogP contribution in [0.5, 0.6) is 5.75 Å². The zero-order chi connectivity index (χ0) is 29.4. The smallest absolute Gasteiger partial charge is 0.395 e. The van der Waals surface area contributed by atoms with Crippen molar-refractivity contribution in [2.24, 2.45) is 10.9 Å². The van der Waals surface area contributed by atoms with E-state index in [1.54, 1.807) is 19.2 Å². The number of aryl methyl sites for hydroxylation is 1. The first-order chi connectivity index (χ1) is 19.6. The van der Waals surface area contributed by atoms with Gasteiger partial charge in [0.15, 0.2) is 11.4 Å². The van der Waals surface area contributed by atoms with Gasteiger partial charge in [0.2, 0.25) is 0 Å². The third-order valence-corrected chi connectivity index (χ3v) is 6.09. The predicted molar refractivity (Wildman–Crippen MR) is 137 cm³/mol. The second-order valence-corrected chi connectivity index (χ2v) is 9.18. The van der Waals surface area contributed by atoms with Crippen molar-refractivity contribution in [3.05, 3.63) is 65.9 Å². The fourth-order valence-corrected chi connectivity index (χ4v) is 3.87. The lowest BCUT2D eigenvalue weighted by Gasteiger charge is -2.20. The number of carbonyl (C=O) groups is 2. The summed E-state index contributed by atoms with van der Waals surface area (Å²) in [5, 5.41) is 20.3. The predicted octanol–water partition coefficient (Wildman–Crippen LogP) is 2.50. The Morgan fingerprint density at radius 1 is 1.07 bits per heavy atom. The minimum atomic E-state index is -4.39. The van der Waals surface area contributed by atoms with E-state index in [0.29, 0.717) is 5.75 Å². The maximum absolute atomic E-state index is 14.6. The molecule has 2 amide bonds. The van der Waals surface area contributed by atoms with Crippen LogP contribution in [0.15, 0.2) is 53.9 Å². The van der Waals surface area contributed by atoms with Crippen molar-refractivity contribution in [3.63, 3.8) is 0 Å². The number of rotatable bonds is 12. The molecule has 2 N–H and O–H groups in total. The molecule has 2 aromatic heterocycles. The second-order valence-electron chi connectivity index (χ2n) is 9.18. The van der Waals surface area contributed by atoms with Crippen LogP contribution >= 0.6 is 0 Å². The average Bonchev–Trinajstić information content (AvgIpc) is 3.63. The van der Waals surface area contributed by atoms with Gasteiger partial charge in [-0.3, -0.25) is 19.3 Å². The molecule has 16 heteroatoms. The molecule has 4 rings (SSSR count). The number of ether oxygens (including phenoxy) is 1. The summed E-state index contributed by atoms with van der Waals surface area (Å²) in [6.45, 7) is 0.00767. The highest BCUT2D eigenvalue weighted by molar-refractivity contribution is 5.96. The molecule has 12 nitrogen and oxygen atoms in total. The van der Waals surface area contributed by atoms with Gasteiger partial charge in [0, 0.05) is 37.8 Å². The van der Waals surface area contributed by atoms with Crippen LogP contribution < -0.4 is 15.4 Å². The van der Waals surface area contributed by atoms with Crippen LogP contribution in [-0.4, -0.2) is 73.5 Å². The number of methoxy groups -OCH3 is 1. The summed E-state index contributed by atoms with van der Waals surface area (Å²) in [5.41, 5.74) is 0.982. The van der Waals surface area contributed by atoms with Crippen LogP contribution in [-0.2, 0) is 19.6 Å². The summed E-state index contributed by atoms with van der Waals surface area (Å²) >= 11 is 0. The topological polar surface area (TPSA) is 141 Å². The molecule has 0 radical (unpaired) electrons. The van der Waals surface area contributed by atoms with Crippen molar-refractivity contribution < 1.29 is 31.9 Å². The van der Waals surface area contributed by atoms with Crippen molar-refractivity contribution in [1.29, 1.82) is 0 Å². The van der Waals surface area contributed by atoms with Crippen molar-refractivity contribution in [2.45, 2.75) is 44.8 Å². The second kappa shape index (κ2) is 13.1. The molecule has 1 aliphatic heterocycles. The molecule has 218 valence electrons. The molecule has 0 aliphatic carbocycles. The highest BCUT2D eigenvalue weighted by atomic mass is 19.4. The normalized spacial score (nSPS) is 15.7. The zero-order valence-electron chi connectivity index (χ0n) is 21.9. The molecule has 0 saturated carbocycles. The Morgan fingerprint density at radius 3 is 2.46 bits per heavy atom. The number of nitrogens with zero attached hydrogens (tertiary/aromatic N) is 7. The number of benzene rings is 1. The molecule has 2 unspecified atom stereocenters. The van der Waals surface area contributed by atoms with E-state index in [-0.39, 0.29) is 56.1 Å². The fraction of sp³-hybridized carbons (Fsp3) is 0.400. The van der Waals surface area contributed by atoms with E-state index in [1.807, 2.05) is 12.1 Å². The maximum atomic E-state index is 14.6. The summed E-state index contributed by atoms with van der Waals surface area (Å²) in [5.74, 6) is -2.09. The number of allylic oxidation sites excluding steroid dienone is 1.